The molecule has 8 nitrogen and oxygen atoms in total. The molecule has 28 heavy (non-hydrogen) atoms. The normalized spacial score (nSPS) is 15.5. The van der Waals surface area contributed by atoms with Gasteiger partial charge in [0, 0.05) is 11.4 Å². The maximum absolute atomic E-state index is 13.1. The van der Waals surface area contributed by atoms with Gasteiger partial charge >= 0.3 is 5.97 Å². The summed E-state index contributed by atoms with van der Waals surface area (Å²) >= 11 is 0. The van der Waals surface area contributed by atoms with Crippen LogP contribution in [-0.4, -0.2) is 31.7 Å². The summed E-state index contributed by atoms with van der Waals surface area (Å²) in [4.78, 5) is 28.5. The van der Waals surface area contributed by atoms with Crippen molar-refractivity contribution in [3.8, 4) is 0 Å². The lowest BCUT2D eigenvalue weighted by molar-refractivity contribution is -0.113. The highest BCUT2D eigenvalue weighted by Gasteiger charge is 2.33. The summed E-state index contributed by atoms with van der Waals surface area (Å²) in [6, 6.07) is 15.0. The quantitative estimate of drug-likeness (QED) is 0.647. The zero-order valence-corrected chi connectivity index (χ0v) is 15.0. The van der Waals surface area contributed by atoms with E-state index in [1.807, 2.05) is 30.3 Å². The molecule has 1 aromatic heterocycles. The van der Waals surface area contributed by atoms with Gasteiger partial charge in [0.1, 0.15) is 12.4 Å². The van der Waals surface area contributed by atoms with Gasteiger partial charge in [0.25, 0.3) is 5.91 Å². The largest absolute Gasteiger partial charge is 0.478 e. The fraction of sp³-hybridized carbons (Fsp3) is 0.100. The van der Waals surface area contributed by atoms with Crippen molar-refractivity contribution in [2.75, 3.05) is 10.6 Å². The number of rotatable bonds is 4. The number of carbonyl (C=O) groups is 2. The highest BCUT2D eigenvalue weighted by molar-refractivity contribution is 6.06. The summed E-state index contributed by atoms with van der Waals surface area (Å²) in [5, 5.41) is 19.4. The zero-order chi connectivity index (χ0) is 19.7. The number of carboxylic acids is 1. The zero-order valence-electron chi connectivity index (χ0n) is 15.0. The van der Waals surface area contributed by atoms with Gasteiger partial charge in [-0.1, -0.05) is 30.3 Å². The van der Waals surface area contributed by atoms with E-state index in [4.69, 9.17) is 5.11 Å². The highest BCUT2D eigenvalue weighted by atomic mass is 16.4. The van der Waals surface area contributed by atoms with Crippen molar-refractivity contribution in [1.82, 2.24) is 14.8 Å². The molecule has 0 bridgehead atoms. The molecular weight excluding hydrogens is 358 g/mol. The van der Waals surface area contributed by atoms with E-state index < -0.39 is 12.0 Å². The molecule has 0 spiro atoms. The molecule has 4 rings (SSSR count). The maximum atomic E-state index is 13.1. The van der Waals surface area contributed by atoms with Gasteiger partial charge in [0.2, 0.25) is 5.95 Å². The Bertz CT molecular complexity index is 1070. The van der Waals surface area contributed by atoms with Gasteiger partial charge in [-0.2, -0.15) is 10.1 Å². The predicted octanol–water partition coefficient (Wildman–Crippen LogP) is 2.90. The molecule has 0 fully saturated rings. The molecule has 140 valence electrons. The van der Waals surface area contributed by atoms with Crippen LogP contribution in [0.2, 0.25) is 0 Å². The number of hydrogen-bond acceptors (Lipinski definition) is 5. The molecule has 3 N–H and O–H groups in total. The Kier molecular flexibility index (Phi) is 4.36. The number of aromatic carboxylic acids is 1. The molecule has 0 radical (unpaired) electrons. The van der Waals surface area contributed by atoms with Gasteiger partial charge in [0.05, 0.1) is 11.1 Å². The van der Waals surface area contributed by atoms with E-state index in [2.05, 4.69) is 20.7 Å². The standard InChI is InChI=1S/C20H17N5O3/c1-12-16(18(26)24-15-5-3-2-4-6-15)17(25-20(23-12)21-11-22-25)13-7-9-14(10-8-13)19(27)28/h2-11,17H,1H3,(H,24,26)(H,27,28)(H,21,22,23)/t17-/m1/s1. The van der Waals surface area contributed by atoms with Crippen LogP contribution in [0.4, 0.5) is 11.6 Å². The molecule has 2 heterocycles. The number of fused-ring (bicyclic) bond motifs is 1. The van der Waals surface area contributed by atoms with Crippen LogP contribution in [-0.2, 0) is 4.79 Å². The summed E-state index contributed by atoms with van der Waals surface area (Å²) in [5.41, 5.74) is 2.71. The number of hydrogen-bond donors (Lipinski definition) is 3. The van der Waals surface area contributed by atoms with Gasteiger partial charge in [-0.3, -0.25) is 4.79 Å². The van der Waals surface area contributed by atoms with Crippen molar-refractivity contribution in [2.24, 2.45) is 0 Å². The number of para-hydroxylation sites is 1. The number of amides is 1. The minimum Gasteiger partial charge on any atom is -0.478 e. The number of carbonyl (C=O) groups excluding carboxylic acids is 1. The Labute approximate surface area is 160 Å². The SMILES string of the molecule is CC1=C(C(=O)Nc2ccccc2)[C@@H](c2ccc(C(=O)O)cc2)n2ncnc2N1. The third kappa shape index (κ3) is 3.11. The minimum absolute atomic E-state index is 0.174. The molecule has 2 aromatic carbocycles. The van der Waals surface area contributed by atoms with Crippen LogP contribution in [0.3, 0.4) is 0 Å². The van der Waals surface area contributed by atoms with E-state index in [0.717, 1.165) is 5.56 Å². The van der Waals surface area contributed by atoms with Crippen LogP contribution in [0.25, 0.3) is 0 Å². The number of benzene rings is 2. The number of nitrogens with zero attached hydrogens (tertiary/aromatic N) is 3. The minimum atomic E-state index is -1.01. The van der Waals surface area contributed by atoms with Crippen molar-refractivity contribution >= 4 is 23.5 Å². The smallest absolute Gasteiger partial charge is 0.335 e. The molecule has 0 saturated heterocycles. The van der Waals surface area contributed by atoms with E-state index in [-0.39, 0.29) is 11.5 Å². The first-order valence-electron chi connectivity index (χ1n) is 8.61. The Morgan fingerprint density at radius 3 is 2.50 bits per heavy atom. The van der Waals surface area contributed by atoms with Crippen LogP contribution in [0, 0.1) is 0 Å². The van der Waals surface area contributed by atoms with Gasteiger partial charge in [-0.15, -0.1) is 0 Å². The van der Waals surface area contributed by atoms with Crippen LogP contribution < -0.4 is 10.6 Å². The first-order chi connectivity index (χ1) is 13.5. The fourth-order valence-electron chi connectivity index (χ4n) is 3.22. The summed E-state index contributed by atoms with van der Waals surface area (Å²) in [6.07, 6.45) is 1.41. The van der Waals surface area contributed by atoms with Crippen molar-refractivity contribution in [3.05, 3.63) is 83.3 Å². The Hall–Kier alpha value is -3.94. The summed E-state index contributed by atoms with van der Waals surface area (Å²) in [7, 11) is 0. The summed E-state index contributed by atoms with van der Waals surface area (Å²) in [5.74, 6) is -0.766. The summed E-state index contributed by atoms with van der Waals surface area (Å²) in [6.45, 7) is 1.80. The second-order valence-corrected chi connectivity index (χ2v) is 6.34. The molecule has 1 atom stereocenters. The van der Waals surface area contributed by atoms with E-state index in [1.165, 1.54) is 18.5 Å². The lowest BCUT2D eigenvalue weighted by Gasteiger charge is -2.28. The first kappa shape index (κ1) is 17.5. The van der Waals surface area contributed by atoms with Crippen molar-refractivity contribution < 1.29 is 14.7 Å². The van der Waals surface area contributed by atoms with Crippen molar-refractivity contribution in [1.29, 1.82) is 0 Å². The third-order valence-electron chi connectivity index (χ3n) is 4.54. The topological polar surface area (TPSA) is 109 Å². The lowest BCUT2D eigenvalue weighted by Crippen LogP contribution is -2.31. The second kappa shape index (κ2) is 6.99. The Balaban J connectivity index is 1.76. The van der Waals surface area contributed by atoms with Crippen LogP contribution in [0.1, 0.15) is 28.9 Å². The monoisotopic (exact) mass is 375 g/mol. The molecule has 1 aliphatic rings. The molecular formula is C20H17N5O3. The van der Waals surface area contributed by atoms with E-state index >= 15 is 0 Å². The highest BCUT2D eigenvalue weighted by Crippen LogP contribution is 2.35. The number of aromatic nitrogens is 3. The van der Waals surface area contributed by atoms with Crippen LogP contribution in [0.15, 0.2) is 72.2 Å². The summed E-state index contributed by atoms with van der Waals surface area (Å²) < 4.78 is 1.61. The molecule has 1 amide bonds. The van der Waals surface area contributed by atoms with Crippen molar-refractivity contribution in [2.45, 2.75) is 13.0 Å². The number of nitrogens with one attached hydrogen (secondary N) is 2. The molecule has 0 aliphatic carbocycles. The van der Waals surface area contributed by atoms with Gasteiger partial charge in [-0.25, -0.2) is 9.48 Å². The predicted molar refractivity (Wildman–Crippen MR) is 103 cm³/mol. The average molecular weight is 375 g/mol. The van der Waals surface area contributed by atoms with E-state index in [9.17, 15) is 9.59 Å². The van der Waals surface area contributed by atoms with E-state index in [0.29, 0.717) is 22.9 Å². The maximum Gasteiger partial charge on any atom is 0.335 e. The van der Waals surface area contributed by atoms with E-state index in [1.54, 1.807) is 23.7 Å². The first-order valence-corrected chi connectivity index (χ1v) is 8.61. The van der Waals surface area contributed by atoms with Gasteiger partial charge in [0.15, 0.2) is 0 Å². The lowest BCUT2D eigenvalue weighted by atomic mass is 9.94. The Morgan fingerprint density at radius 2 is 1.82 bits per heavy atom. The Morgan fingerprint density at radius 1 is 1.11 bits per heavy atom. The average Bonchev–Trinajstić information content (AvgIpc) is 3.15. The third-order valence-corrected chi connectivity index (χ3v) is 4.54. The van der Waals surface area contributed by atoms with Gasteiger partial charge in [-0.05, 0) is 36.8 Å². The van der Waals surface area contributed by atoms with Crippen LogP contribution in [0.5, 0.6) is 0 Å². The second-order valence-electron chi connectivity index (χ2n) is 6.34. The molecule has 0 saturated carbocycles. The fourth-order valence-corrected chi connectivity index (χ4v) is 3.22. The molecule has 3 aromatic rings. The van der Waals surface area contributed by atoms with Gasteiger partial charge < -0.3 is 15.7 Å². The van der Waals surface area contributed by atoms with Crippen LogP contribution >= 0.6 is 0 Å². The number of carboxylic acid groups (broad SMARTS) is 1. The number of allylic oxidation sites excluding steroid dienone is 1. The van der Waals surface area contributed by atoms with Crippen molar-refractivity contribution in [3.63, 3.8) is 0 Å². The molecule has 0 unspecified atom stereocenters. The molecule has 1 aliphatic heterocycles. The molecule has 8 heteroatoms. The number of anilines is 2.